The number of nitrogens with zero attached hydrogens (tertiary/aromatic N) is 1. The van der Waals surface area contributed by atoms with Crippen molar-refractivity contribution in [3.8, 4) is 0 Å². The van der Waals surface area contributed by atoms with E-state index in [2.05, 4.69) is 5.32 Å². The van der Waals surface area contributed by atoms with Crippen LogP contribution in [-0.4, -0.2) is 29.4 Å². The smallest absolute Gasteiger partial charge is 0.406 e. The fourth-order valence-electron chi connectivity index (χ4n) is 2.87. The highest BCUT2D eigenvalue weighted by Gasteiger charge is 2.38. The number of amides is 2. The van der Waals surface area contributed by atoms with Crippen LogP contribution < -0.4 is 5.32 Å². The number of furan rings is 1. The van der Waals surface area contributed by atoms with E-state index in [9.17, 15) is 22.8 Å². The molecule has 5 nitrogen and oxygen atoms in total. The maximum absolute atomic E-state index is 12.9. The Balaban J connectivity index is 1.90. The molecule has 0 spiro atoms. The highest BCUT2D eigenvalue weighted by Crippen LogP contribution is 2.34. The molecule has 3 rings (SSSR count). The van der Waals surface area contributed by atoms with Crippen molar-refractivity contribution in [3.63, 3.8) is 0 Å². The van der Waals surface area contributed by atoms with Crippen molar-refractivity contribution in [2.45, 2.75) is 25.1 Å². The molecule has 1 aliphatic rings. The van der Waals surface area contributed by atoms with Gasteiger partial charge in [-0.05, 0) is 23.8 Å². The van der Waals surface area contributed by atoms with Crippen molar-refractivity contribution in [1.29, 1.82) is 0 Å². The summed E-state index contributed by atoms with van der Waals surface area (Å²) in [6.45, 7) is -1.72. The van der Waals surface area contributed by atoms with Crippen LogP contribution in [0.1, 0.15) is 23.7 Å². The average molecular weight is 352 g/mol. The van der Waals surface area contributed by atoms with Gasteiger partial charge in [0.1, 0.15) is 12.3 Å². The molecule has 1 aliphatic heterocycles. The third-order valence-electron chi connectivity index (χ3n) is 3.91. The molecule has 1 aromatic heterocycles. The van der Waals surface area contributed by atoms with Crippen LogP contribution in [0.25, 0.3) is 0 Å². The predicted octanol–water partition coefficient (Wildman–Crippen LogP) is 3.30. The summed E-state index contributed by atoms with van der Waals surface area (Å²) in [7, 11) is 0. The highest BCUT2D eigenvalue weighted by atomic mass is 19.4. The van der Waals surface area contributed by atoms with Gasteiger partial charge < -0.3 is 14.6 Å². The van der Waals surface area contributed by atoms with E-state index in [-0.39, 0.29) is 18.7 Å². The maximum Gasteiger partial charge on any atom is 0.406 e. The molecule has 0 saturated heterocycles. The third-order valence-corrected chi connectivity index (χ3v) is 3.91. The van der Waals surface area contributed by atoms with Crippen molar-refractivity contribution in [3.05, 3.63) is 54.0 Å². The molecule has 8 heteroatoms. The van der Waals surface area contributed by atoms with Crippen molar-refractivity contribution < 1.29 is 27.2 Å². The topological polar surface area (TPSA) is 62.6 Å². The van der Waals surface area contributed by atoms with Crippen LogP contribution in [0.4, 0.5) is 18.9 Å². The first-order valence-electron chi connectivity index (χ1n) is 7.60. The number of fused-ring (bicyclic) bond motifs is 1. The lowest BCUT2D eigenvalue weighted by Crippen LogP contribution is -2.42. The monoisotopic (exact) mass is 352 g/mol. The Morgan fingerprint density at radius 3 is 2.68 bits per heavy atom. The first kappa shape index (κ1) is 17.1. The number of anilines is 1. The number of para-hydroxylation sites is 1. The summed E-state index contributed by atoms with van der Waals surface area (Å²) in [5, 5.41) is 2.63. The van der Waals surface area contributed by atoms with Gasteiger partial charge in [-0.2, -0.15) is 13.2 Å². The largest absolute Gasteiger partial charge is 0.467 e. The van der Waals surface area contributed by atoms with E-state index in [1.54, 1.807) is 24.3 Å². The van der Waals surface area contributed by atoms with Crippen LogP contribution in [0, 0.1) is 0 Å². The first-order chi connectivity index (χ1) is 11.8. The summed E-state index contributed by atoms with van der Waals surface area (Å²) in [5.74, 6) is -1.87. The molecule has 1 atom stereocenters. The minimum absolute atomic E-state index is 0.192. The van der Waals surface area contributed by atoms with Crippen LogP contribution >= 0.6 is 0 Å². The number of hydrogen-bond acceptors (Lipinski definition) is 3. The van der Waals surface area contributed by atoms with Crippen LogP contribution in [0.15, 0.2) is 47.1 Å². The molecule has 1 aromatic carbocycles. The van der Waals surface area contributed by atoms with Gasteiger partial charge in [-0.3, -0.25) is 9.59 Å². The Morgan fingerprint density at radius 2 is 2.00 bits per heavy atom. The van der Waals surface area contributed by atoms with Crippen molar-refractivity contribution in [2.75, 3.05) is 11.9 Å². The summed E-state index contributed by atoms with van der Waals surface area (Å²) >= 11 is 0. The second-order valence-electron chi connectivity index (χ2n) is 5.78. The number of rotatable bonds is 4. The third kappa shape index (κ3) is 4.01. The van der Waals surface area contributed by atoms with Gasteiger partial charge in [0, 0.05) is 12.1 Å². The number of hydrogen-bond donors (Lipinski definition) is 1. The predicted molar refractivity (Wildman–Crippen MR) is 82.6 cm³/mol. The van der Waals surface area contributed by atoms with Crippen molar-refractivity contribution in [1.82, 2.24) is 4.90 Å². The Kier molecular flexibility index (Phi) is 4.52. The van der Waals surface area contributed by atoms with Gasteiger partial charge >= 0.3 is 6.18 Å². The lowest BCUT2D eigenvalue weighted by atomic mass is 9.89. The summed E-state index contributed by atoms with van der Waals surface area (Å²) in [6.07, 6.45) is -3.42. The number of carbonyl (C=O) groups excluding carboxylic acids is 2. The summed E-state index contributed by atoms with van der Waals surface area (Å²) in [6, 6.07) is 9.65. The van der Waals surface area contributed by atoms with Gasteiger partial charge in [0.15, 0.2) is 0 Å². The van der Waals surface area contributed by atoms with Gasteiger partial charge in [-0.25, -0.2) is 0 Å². The fraction of sp³-hybridized carbons (Fsp3) is 0.294. The van der Waals surface area contributed by atoms with E-state index >= 15 is 0 Å². The Bertz CT molecular complexity index is 772. The van der Waals surface area contributed by atoms with Crippen LogP contribution in [0.2, 0.25) is 0 Å². The number of halogens is 3. The molecule has 0 saturated carbocycles. The molecule has 0 aliphatic carbocycles. The summed E-state index contributed by atoms with van der Waals surface area (Å²) in [4.78, 5) is 25.3. The van der Waals surface area contributed by atoms with Crippen molar-refractivity contribution in [2.24, 2.45) is 0 Å². The standard InChI is InChI=1S/C17H15F3N2O3/c18-17(19,20)10-22(9-11-4-3-7-25-11)16(24)13-8-15(23)21-14-6-2-1-5-12(13)14/h1-7,13H,8-10H2,(H,21,23). The molecular formula is C17H15F3N2O3. The number of benzene rings is 1. The molecule has 0 fully saturated rings. The summed E-state index contributed by atoms with van der Waals surface area (Å²) in [5.41, 5.74) is 0.959. The summed E-state index contributed by atoms with van der Waals surface area (Å²) < 4.78 is 43.9. The zero-order valence-electron chi connectivity index (χ0n) is 13.0. The number of nitrogens with one attached hydrogen (secondary N) is 1. The molecular weight excluding hydrogens is 337 g/mol. The van der Waals surface area contributed by atoms with Crippen molar-refractivity contribution >= 4 is 17.5 Å². The second-order valence-corrected chi connectivity index (χ2v) is 5.78. The molecule has 1 unspecified atom stereocenters. The maximum atomic E-state index is 12.9. The van der Waals surface area contributed by atoms with Crippen LogP contribution in [-0.2, 0) is 16.1 Å². The highest BCUT2D eigenvalue weighted by molar-refractivity contribution is 6.01. The Hall–Kier alpha value is -2.77. The molecule has 1 N–H and O–H groups in total. The van der Waals surface area contributed by atoms with Crippen LogP contribution in [0.3, 0.4) is 0 Å². The Labute approximate surface area is 141 Å². The second kappa shape index (κ2) is 6.62. The zero-order chi connectivity index (χ0) is 18.0. The fourth-order valence-corrected chi connectivity index (χ4v) is 2.87. The van der Waals surface area contributed by atoms with E-state index in [1.807, 2.05) is 0 Å². The van der Waals surface area contributed by atoms with Gasteiger partial charge in [0.05, 0.1) is 18.7 Å². The van der Waals surface area contributed by atoms with E-state index in [0.29, 0.717) is 16.2 Å². The van der Waals surface area contributed by atoms with Gasteiger partial charge in [0.2, 0.25) is 11.8 Å². The zero-order valence-corrected chi connectivity index (χ0v) is 13.0. The molecule has 2 heterocycles. The molecule has 0 bridgehead atoms. The molecule has 2 amide bonds. The normalized spacial score (nSPS) is 16.9. The molecule has 2 aromatic rings. The number of alkyl halides is 3. The van der Waals surface area contributed by atoms with Crippen LogP contribution in [0.5, 0.6) is 0 Å². The van der Waals surface area contributed by atoms with E-state index in [4.69, 9.17) is 4.42 Å². The molecule has 25 heavy (non-hydrogen) atoms. The van der Waals surface area contributed by atoms with Gasteiger partial charge in [-0.1, -0.05) is 18.2 Å². The Morgan fingerprint density at radius 1 is 1.24 bits per heavy atom. The lowest BCUT2D eigenvalue weighted by molar-refractivity contribution is -0.164. The lowest BCUT2D eigenvalue weighted by Gasteiger charge is -2.30. The first-order valence-corrected chi connectivity index (χ1v) is 7.60. The molecule has 132 valence electrons. The quantitative estimate of drug-likeness (QED) is 0.918. The van der Waals surface area contributed by atoms with Gasteiger partial charge in [-0.15, -0.1) is 0 Å². The number of carbonyl (C=O) groups is 2. The minimum atomic E-state index is -4.56. The van der Waals surface area contributed by atoms with E-state index in [0.717, 1.165) is 0 Å². The van der Waals surface area contributed by atoms with E-state index in [1.165, 1.54) is 18.4 Å². The minimum Gasteiger partial charge on any atom is -0.467 e. The average Bonchev–Trinajstić information content (AvgIpc) is 3.04. The van der Waals surface area contributed by atoms with E-state index < -0.39 is 30.5 Å². The van der Waals surface area contributed by atoms with Gasteiger partial charge in [0.25, 0.3) is 0 Å². The molecule has 0 radical (unpaired) electrons. The SMILES string of the molecule is O=C1CC(C(=O)N(Cc2ccco2)CC(F)(F)F)c2ccccc2N1.